The standard InChI is InChI=1S/C16H17ClN2O8S2/c17-12-7-13(19-8-10-2-1-3-26-10)11(6-14(12)29(18,24)25)16(22)27-4-5-28(23)9-15(20)21/h1-3,6-7,19H,4-5,8-9H2,(H,20,21)(H2,18,24,25). The monoisotopic (exact) mass is 464 g/mol. The lowest BCUT2D eigenvalue weighted by atomic mass is 10.1. The molecule has 0 aliphatic carbocycles. The molecule has 1 atom stereocenters. The van der Waals surface area contributed by atoms with Crippen molar-refractivity contribution >= 4 is 50.0 Å². The first-order valence-electron chi connectivity index (χ1n) is 7.94. The molecule has 1 aromatic carbocycles. The van der Waals surface area contributed by atoms with Gasteiger partial charge in [-0.1, -0.05) is 11.6 Å². The number of nitrogens with two attached hydrogens (primary N) is 1. The summed E-state index contributed by atoms with van der Waals surface area (Å²) in [5.74, 6) is -2.40. The molecule has 0 bridgehead atoms. The zero-order valence-electron chi connectivity index (χ0n) is 14.8. The third kappa shape index (κ3) is 6.85. The molecule has 0 saturated carbocycles. The third-order valence-electron chi connectivity index (χ3n) is 3.46. The Hall–Kier alpha value is -2.41. The molecule has 0 amide bonds. The van der Waals surface area contributed by atoms with Gasteiger partial charge in [0.1, 0.15) is 23.0 Å². The van der Waals surface area contributed by atoms with Gasteiger partial charge in [-0.2, -0.15) is 0 Å². The maximum absolute atomic E-state index is 12.4. The van der Waals surface area contributed by atoms with Crippen molar-refractivity contribution in [3.8, 4) is 0 Å². The minimum Gasteiger partial charge on any atom is -0.481 e. The van der Waals surface area contributed by atoms with Gasteiger partial charge >= 0.3 is 11.9 Å². The van der Waals surface area contributed by atoms with Crippen molar-refractivity contribution in [1.82, 2.24) is 0 Å². The van der Waals surface area contributed by atoms with Crippen LogP contribution in [-0.2, 0) is 36.9 Å². The number of anilines is 1. The first-order chi connectivity index (χ1) is 13.6. The number of halogens is 1. The highest BCUT2D eigenvalue weighted by atomic mass is 35.5. The molecule has 1 unspecified atom stereocenters. The second-order valence-electron chi connectivity index (χ2n) is 5.62. The van der Waals surface area contributed by atoms with Gasteiger partial charge in [0.2, 0.25) is 10.0 Å². The summed E-state index contributed by atoms with van der Waals surface area (Å²) < 4.78 is 45.1. The maximum Gasteiger partial charge on any atom is 0.340 e. The maximum atomic E-state index is 12.4. The van der Waals surface area contributed by atoms with Crippen LogP contribution < -0.4 is 10.5 Å². The normalized spacial score (nSPS) is 12.3. The Kier molecular flexibility index (Phi) is 7.79. The zero-order valence-corrected chi connectivity index (χ0v) is 17.2. The second-order valence-corrected chi connectivity index (χ2v) is 9.14. The number of ether oxygens (including phenoxy) is 1. The smallest absolute Gasteiger partial charge is 0.340 e. The van der Waals surface area contributed by atoms with Crippen LogP contribution in [0.3, 0.4) is 0 Å². The number of hydrogen-bond acceptors (Lipinski definition) is 8. The molecule has 0 fully saturated rings. The lowest BCUT2D eigenvalue weighted by molar-refractivity contribution is -0.133. The number of sulfonamides is 1. The average Bonchev–Trinajstić information content (AvgIpc) is 3.11. The van der Waals surface area contributed by atoms with Crippen LogP contribution in [-0.4, -0.2) is 47.8 Å². The van der Waals surface area contributed by atoms with Gasteiger partial charge in [-0.3, -0.25) is 9.00 Å². The number of primary sulfonamides is 1. The minimum absolute atomic E-state index is 0.162. The van der Waals surface area contributed by atoms with E-state index in [4.69, 9.17) is 31.0 Å². The number of aliphatic carboxylic acids is 1. The molecule has 0 saturated heterocycles. The number of carboxylic acid groups (broad SMARTS) is 1. The number of rotatable bonds is 10. The summed E-state index contributed by atoms with van der Waals surface area (Å²) in [5.41, 5.74) is -0.00976. The number of carboxylic acids is 1. The van der Waals surface area contributed by atoms with E-state index in [0.717, 1.165) is 6.07 Å². The van der Waals surface area contributed by atoms with E-state index in [0.29, 0.717) is 5.76 Å². The summed E-state index contributed by atoms with van der Waals surface area (Å²) in [6.07, 6.45) is 1.46. The summed E-state index contributed by atoms with van der Waals surface area (Å²) >= 11 is 5.98. The Labute approximate surface area is 173 Å². The molecule has 29 heavy (non-hydrogen) atoms. The fourth-order valence-corrected chi connectivity index (χ4v) is 3.99. The topological polar surface area (TPSA) is 166 Å². The summed E-state index contributed by atoms with van der Waals surface area (Å²) in [6.45, 7) is -0.162. The van der Waals surface area contributed by atoms with Crippen molar-refractivity contribution in [2.45, 2.75) is 11.4 Å². The summed E-state index contributed by atoms with van der Waals surface area (Å²) in [5, 5.41) is 16.4. The highest BCUT2D eigenvalue weighted by Crippen LogP contribution is 2.29. The molecule has 0 aliphatic heterocycles. The van der Waals surface area contributed by atoms with Gasteiger partial charge in [-0.25, -0.2) is 18.4 Å². The van der Waals surface area contributed by atoms with Gasteiger partial charge in [0.05, 0.1) is 34.8 Å². The van der Waals surface area contributed by atoms with E-state index in [1.165, 1.54) is 12.3 Å². The molecule has 0 radical (unpaired) electrons. The van der Waals surface area contributed by atoms with Crippen LogP contribution in [0.2, 0.25) is 5.02 Å². The Morgan fingerprint density at radius 2 is 2.07 bits per heavy atom. The molecule has 1 aromatic heterocycles. The largest absolute Gasteiger partial charge is 0.481 e. The van der Waals surface area contributed by atoms with E-state index >= 15 is 0 Å². The summed E-state index contributed by atoms with van der Waals surface area (Å²) in [6, 6.07) is 5.53. The number of carbonyl (C=O) groups excluding carboxylic acids is 1. The van der Waals surface area contributed by atoms with E-state index in [9.17, 15) is 22.2 Å². The van der Waals surface area contributed by atoms with Crippen LogP contribution in [0.25, 0.3) is 0 Å². The van der Waals surface area contributed by atoms with Gasteiger partial charge < -0.3 is 19.6 Å². The molecule has 2 aromatic rings. The van der Waals surface area contributed by atoms with E-state index < -0.39 is 43.4 Å². The molecule has 0 aliphatic rings. The van der Waals surface area contributed by atoms with E-state index in [2.05, 4.69) is 5.32 Å². The molecule has 0 spiro atoms. The lowest BCUT2D eigenvalue weighted by Gasteiger charge is -2.14. The number of furan rings is 1. The third-order valence-corrected chi connectivity index (χ3v) is 6.03. The predicted molar refractivity (Wildman–Crippen MR) is 105 cm³/mol. The Morgan fingerprint density at radius 3 is 2.66 bits per heavy atom. The fourth-order valence-electron chi connectivity index (χ4n) is 2.20. The predicted octanol–water partition coefficient (Wildman–Crippen LogP) is 1.18. The SMILES string of the molecule is NS(=O)(=O)c1cc(C(=O)OCCS(=O)CC(=O)O)c(NCc2ccco2)cc1Cl. The first kappa shape index (κ1) is 22.9. The van der Waals surface area contributed by atoms with Crippen LogP contribution in [0.1, 0.15) is 16.1 Å². The van der Waals surface area contributed by atoms with Crippen molar-refractivity contribution in [2.24, 2.45) is 5.14 Å². The molecule has 158 valence electrons. The lowest BCUT2D eigenvalue weighted by Crippen LogP contribution is -2.19. The Morgan fingerprint density at radius 1 is 1.34 bits per heavy atom. The van der Waals surface area contributed by atoms with Crippen LogP contribution in [0.4, 0.5) is 5.69 Å². The van der Waals surface area contributed by atoms with Crippen LogP contribution in [0.5, 0.6) is 0 Å². The van der Waals surface area contributed by atoms with Gasteiger partial charge in [0.25, 0.3) is 0 Å². The molecule has 4 N–H and O–H groups in total. The quantitative estimate of drug-likeness (QED) is 0.437. The number of nitrogens with one attached hydrogen (secondary N) is 1. The van der Waals surface area contributed by atoms with Gasteiger partial charge in [-0.15, -0.1) is 0 Å². The number of carbonyl (C=O) groups is 2. The van der Waals surface area contributed by atoms with Crippen molar-refractivity contribution in [3.05, 3.63) is 46.9 Å². The zero-order chi connectivity index (χ0) is 21.6. The van der Waals surface area contributed by atoms with Crippen molar-refractivity contribution < 1.29 is 36.5 Å². The Balaban J connectivity index is 2.22. The number of esters is 1. The van der Waals surface area contributed by atoms with Gasteiger partial charge in [0, 0.05) is 10.8 Å². The summed E-state index contributed by atoms with van der Waals surface area (Å²) in [7, 11) is -5.93. The average molecular weight is 465 g/mol. The number of hydrogen-bond donors (Lipinski definition) is 3. The van der Waals surface area contributed by atoms with Crippen LogP contribution >= 0.6 is 11.6 Å². The van der Waals surface area contributed by atoms with Crippen LogP contribution in [0.15, 0.2) is 39.8 Å². The van der Waals surface area contributed by atoms with E-state index in [1.807, 2.05) is 0 Å². The molecular weight excluding hydrogens is 448 g/mol. The van der Waals surface area contributed by atoms with Crippen molar-refractivity contribution in [1.29, 1.82) is 0 Å². The number of benzene rings is 1. The van der Waals surface area contributed by atoms with Crippen LogP contribution in [0, 0.1) is 0 Å². The van der Waals surface area contributed by atoms with E-state index in [-0.39, 0.29) is 35.2 Å². The first-order valence-corrected chi connectivity index (χ1v) is 11.4. The molecule has 10 nitrogen and oxygen atoms in total. The minimum atomic E-state index is -4.21. The molecule has 13 heteroatoms. The fraction of sp³-hybridized carbons (Fsp3) is 0.250. The Bertz CT molecular complexity index is 1020. The van der Waals surface area contributed by atoms with Gasteiger partial charge in [0.15, 0.2) is 0 Å². The molecule has 2 rings (SSSR count). The molecular formula is C16H17ClN2O8S2. The van der Waals surface area contributed by atoms with Gasteiger partial charge in [-0.05, 0) is 24.3 Å². The highest BCUT2D eigenvalue weighted by Gasteiger charge is 2.22. The second kappa shape index (κ2) is 9.87. The van der Waals surface area contributed by atoms with E-state index in [1.54, 1.807) is 12.1 Å². The summed E-state index contributed by atoms with van der Waals surface area (Å²) in [4.78, 5) is 22.5. The van der Waals surface area contributed by atoms with Crippen molar-refractivity contribution in [3.63, 3.8) is 0 Å². The molecule has 1 heterocycles. The highest BCUT2D eigenvalue weighted by molar-refractivity contribution is 7.89. The van der Waals surface area contributed by atoms with Crippen molar-refractivity contribution in [2.75, 3.05) is 23.4 Å².